The third-order valence-electron chi connectivity index (χ3n) is 6.54. The predicted octanol–water partition coefficient (Wildman–Crippen LogP) is 4.92. The Labute approximate surface area is 186 Å². The average Bonchev–Trinajstić information content (AvgIpc) is 2.94. The molecule has 2 heterocycles. The van der Waals surface area contributed by atoms with Crippen LogP contribution in [-0.2, 0) is 17.8 Å². The largest absolute Gasteiger partial charge is 0.355 e. The van der Waals surface area contributed by atoms with Crippen molar-refractivity contribution in [3.8, 4) is 0 Å². The lowest BCUT2D eigenvalue weighted by molar-refractivity contribution is -0.121. The number of rotatable bonds is 8. The number of nitrogens with one attached hydrogen (secondary N) is 1. The molecule has 1 aliphatic rings. The van der Waals surface area contributed by atoms with E-state index in [0.29, 0.717) is 6.42 Å². The standard InChI is InChI=1S/C27H35N3O/c1-22-10-4-5-11-23(22)20-30-21-24(25-12-6-7-13-26(25)30)14-15-27(31)28-16-19-29-17-8-2-3-9-18-29/h4-7,10-13,21H,2-3,8-9,14-20H2,1H3,(H,28,31). The van der Waals surface area contributed by atoms with Crippen LogP contribution >= 0.6 is 0 Å². The van der Waals surface area contributed by atoms with E-state index < -0.39 is 0 Å². The monoisotopic (exact) mass is 417 g/mol. The van der Waals surface area contributed by atoms with E-state index in [2.05, 4.69) is 76.4 Å². The Morgan fingerprint density at radius 3 is 2.48 bits per heavy atom. The van der Waals surface area contributed by atoms with Gasteiger partial charge in [-0.25, -0.2) is 0 Å². The first kappa shape index (κ1) is 21.6. The number of fused-ring (bicyclic) bond motifs is 1. The van der Waals surface area contributed by atoms with E-state index in [1.807, 2.05) is 0 Å². The molecule has 0 aliphatic carbocycles. The second-order valence-electron chi connectivity index (χ2n) is 8.83. The summed E-state index contributed by atoms with van der Waals surface area (Å²) in [6.07, 6.45) is 8.83. The molecule has 1 aliphatic heterocycles. The molecule has 0 unspecified atom stereocenters. The van der Waals surface area contributed by atoms with Crippen molar-refractivity contribution < 1.29 is 4.79 Å². The van der Waals surface area contributed by atoms with Crippen molar-refractivity contribution in [2.24, 2.45) is 0 Å². The van der Waals surface area contributed by atoms with Crippen LogP contribution in [0.1, 0.15) is 48.8 Å². The number of aryl methyl sites for hydroxylation is 2. The van der Waals surface area contributed by atoms with Gasteiger partial charge in [-0.3, -0.25) is 4.79 Å². The van der Waals surface area contributed by atoms with Gasteiger partial charge in [0.1, 0.15) is 0 Å². The van der Waals surface area contributed by atoms with E-state index in [4.69, 9.17) is 0 Å². The van der Waals surface area contributed by atoms with Gasteiger partial charge in [0, 0.05) is 43.2 Å². The first-order chi connectivity index (χ1) is 15.2. The molecular weight excluding hydrogens is 382 g/mol. The molecule has 2 aromatic carbocycles. The molecular formula is C27H35N3O. The third kappa shape index (κ3) is 5.76. The number of carbonyl (C=O) groups excluding carboxylic acids is 1. The second kappa shape index (κ2) is 10.6. The van der Waals surface area contributed by atoms with Crippen molar-refractivity contribution in [3.05, 3.63) is 71.4 Å². The van der Waals surface area contributed by atoms with E-state index in [1.54, 1.807) is 0 Å². The summed E-state index contributed by atoms with van der Waals surface area (Å²) < 4.78 is 2.32. The smallest absolute Gasteiger partial charge is 0.220 e. The number of amides is 1. The van der Waals surface area contributed by atoms with E-state index >= 15 is 0 Å². The van der Waals surface area contributed by atoms with Crippen LogP contribution in [0, 0.1) is 6.92 Å². The van der Waals surface area contributed by atoms with Crippen LogP contribution < -0.4 is 5.32 Å². The minimum atomic E-state index is 0.158. The molecule has 1 N–H and O–H groups in total. The van der Waals surface area contributed by atoms with Crippen molar-refractivity contribution >= 4 is 16.8 Å². The number of hydrogen-bond donors (Lipinski definition) is 1. The quantitative estimate of drug-likeness (QED) is 0.565. The SMILES string of the molecule is Cc1ccccc1Cn1cc(CCC(=O)NCCN2CCCCCC2)c2ccccc21. The summed E-state index contributed by atoms with van der Waals surface area (Å²) in [5.41, 5.74) is 5.14. The lowest BCUT2D eigenvalue weighted by Gasteiger charge is -2.19. The molecule has 1 saturated heterocycles. The molecule has 0 atom stereocenters. The highest BCUT2D eigenvalue weighted by molar-refractivity contribution is 5.85. The summed E-state index contributed by atoms with van der Waals surface area (Å²) in [6, 6.07) is 17.1. The zero-order valence-corrected chi connectivity index (χ0v) is 18.8. The summed E-state index contributed by atoms with van der Waals surface area (Å²) in [6.45, 7) is 7.11. The molecule has 4 rings (SSSR count). The van der Waals surface area contributed by atoms with E-state index in [9.17, 15) is 4.79 Å². The molecule has 0 saturated carbocycles. The van der Waals surface area contributed by atoms with Gasteiger partial charge in [-0.05, 0) is 62.0 Å². The van der Waals surface area contributed by atoms with Crippen LogP contribution in [0.15, 0.2) is 54.7 Å². The number of benzene rings is 2. The fourth-order valence-corrected chi connectivity index (χ4v) is 4.67. The average molecular weight is 418 g/mol. The molecule has 4 nitrogen and oxygen atoms in total. The van der Waals surface area contributed by atoms with Crippen LogP contribution in [-0.4, -0.2) is 41.6 Å². The van der Waals surface area contributed by atoms with Crippen LogP contribution in [0.4, 0.5) is 0 Å². The molecule has 0 bridgehead atoms. The Morgan fingerprint density at radius 1 is 0.935 bits per heavy atom. The predicted molar refractivity (Wildman–Crippen MR) is 128 cm³/mol. The van der Waals surface area contributed by atoms with Crippen molar-refractivity contribution in [2.75, 3.05) is 26.2 Å². The summed E-state index contributed by atoms with van der Waals surface area (Å²) in [7, 11) is 0. The first-order valence-corrected chi connectivity index (χ1v) is 11.8. The molecule has 164 valence electrons. The van der Waals surface area contributed by atoms with Gasteiger partial charge in [0.25, 0.3) is 0 Å². The Hall–Kier alpha value is -2.59. The van der Waals surface area contributed by atoms with Crippen LogP contribution in [0.25, 0.3) is 10.9 Å². The maximum atomic E-state index is 12.5. The minimum absolute atomic E-state index is 0.158. The summed E-state index contributed by atoms with van der Waals surface area (Å²) >= 11 is 0. The number of carbonyl (C=O) groups is 1. The molecule has 3 aromatic rings. The normalized spacial score (nSPS) is 15.1. The van der Waals surface area contributed by atoms with Gasteiger partial charge in [0.15, 0.2) is 0 Å². The highest BCUT2D eigenvalue weighted by Crippen LogP contribution is 2.24. The molecule has 1 aromatic heterocycles. The van der Waals surface area contributed by atoms with Gasteiger partial charge in [0.2, 0.25) is 5.91 Å². The fraction of sp³-hybridized carbons (Fsp3) is 0.444. The van der Waals surface area contributed by atoms with Gasteiger partial charge >= 0.3 is 0 Å². The highest BCUT2D eigenvalue weighted by atomic mass is 16.1. The maximum Gasteiger partial charge on any atom is 0.220 e. The van der Waals surface area contributed by atoms with E-state index in [0.717, 1.165) is 26.1 Å². The molecule has 31 heavy (non-hydrogen) atoms. The first-order valence-electron chi connectivity index (χ1n) is 11.8. The Bertz CT molecular complexity index is 999. The van der Waals surface area contributed by atoms with Crippen LogP contribution in [0.2, 0.25) is 0 Å². The molecule has 0 spiro atoms. The van der Waals surface area contributed by atoms with Crippen molar-refractivity contribution in [1.82, 2.24) is 14.8 Å². The number of likely N-dealkylation sites (tertiary alicyclic amines) is 1. The second-order valence-corrected chi connectivity index (χ2v) is 8.83. The van der Waals surface area contributed by atoms with Gasteiger partial charge in [0.05, 0.1) is 0 Å². The zero-order valence-electron chi connectivity index (χ0n) is 18.8. The molecule has 0 radical (unpaired) electrons. The number of hydrogen-bond acceptors (Lipinski definition) is 2. The van der Waals surface area contributed by atoms with Gasteiger partial charge in [-0.15, -0.1) is 0 Å². The van der Waals surface area contributed by atoms with E-state index in [-0.39, 0.29) is 5.91 Å². The van der Waals surface area contributed by atoms with Crippen molar-refractivity contribution in [3.63, 3.8) is 0 Å². The Balaban J connectivity index is 1.35. The molecule has 1 fully saturated rings. The van der Waals surface area contributed by atoms with Gasteiger partial charge in [-0.2, -0.15) is 0 Å². The Kier molecular flexibility index (Phi) is 7.42. The van der Waals surface area contributed by atoms with Crippen LogP contribution in [0.3, 0.4) is 0 Å². The number of nitrogens with zero attached hydrogens (tertiary/aromatic N) is 2. The summed E-state index contributed by atoms with van der Waals surface area (Å²) in [5, 5.41) is 4.39. The molecule has 1 amide bonds. The van der Waals surface area contributed by atoms with Crippen molar-refractivity contribution in [2.45, 2.75) is 52.0 Å². The summed E-state index contributed by atoms with van der Waals surface area (Å²) in [4.78, 5) is 15.0. The zero-order chi connectivity index (χ0) is 21.5. The summed E-state index contributed by atoms with van der Waals surface area (Å²) in [5.74, 6) is 0.158. The maximum absolute atomic E-state index is 12.5. The van der Waals surface area contributed by atoms with E-state index in [1.165, 1.54) is 66.4 Å². The minimum Gasteiger partial charge on any atom is -0.355 e. The molecule has 4 heteroatoms. The van der Waals surface area contributed by atoms with Gasteiger partial charge < -0.3 is 14.8 Å². The lowest BCUT2D eigenvalue weighted by Crippen LogP contribution is -2.35. The lowest BCUT2D eigenvalue weighted by atomic mass is 10.1. The number of para-hydroxylation sites is 1. The fourth-order valence-electron chi connectivity index (χ4n) is 4.67. The Morgan fingerprint density at radius 2 is 1.68 bits per heavy atom. The van der Waals surface area contributed by atoms with Crippen molar-refractivity contribution in [1.29, 1.82) is 0 Å². The van der Waals surface area contributed by atoms with Gasteiger partial charge in [-0.1, -0.05) is 55.3 Å². The van der Waals surface area contributed by atoms with Crippen LogP contribution in [0.5, 0.6) is 0 Å². The number of aromatic nitrogens is 1. The topological polar surface area (TPSA) is 37.3 Å². The highest BCUT2D eigenvalue weighted by Gasteiger charge is 2.12. The third-order valence-corrected chi connectivity index (χ3v) is 6.54.